The van der Waals surface area contributed by atoms with Gasteiger partial charge in [0.05, 0.1) is 26.2 Å². The molecule has 5 heteroatoms. The minimum absolute atomic E-state index is 0.655. The SMILES string of the molecule is S=C(NC1CC1)N1CC[NH+](Cc2ccc(Cl)cc2)CC1. The fraction of sp³-hybridized carbons (Fsp3) is 0.533. The van der Waals surface area contributed by atoms with Crippen LogP contribution in [0.15, 0.2) is 24.3 Å². The summed E-state index contributed by atoms with van der Waals surface area (Å²) in [6.07, 6.45) is 2.56. The van der Waals surface area contributed by atoms with E-state index >= 15 is 0 Å². The summed E-state index contributed by atoms with van der Waals surface area (Å²) in [5, 5.41) is 5.19. The van der Waals surface area contributed by atoms with Gasteiger partial charge in [-0.05, 0) is 37.2 Å². The summed E-state index contributed by atoms with van der Waals surface area (Å²) in [5.41, 5.74) is 1.36. The third-order valence-corrected chi connectivity index (χ3v) is 4.66. The van der Waals surface area contributed by atoms with Crippen molar-refractivity contribution in [3.63, 3.8) is 0 Å². The second-order valence-corrected chi connectivity index (χ2v) is 6.59. The Balaban J connectivity index is 1.45. The van der Waals surface area contributed by atoms with Crippen LogP contribution in [-0.4, -0.2) is 42.2 Å². The Morgan fingerprint density at radius 2 is 1.90 bits per heavy atom. The zero-order chi connectivity index (χ0) is 13.9. The van der Waals surface area contributed by atoms with Gasteiger partial charge in [-0.25, -0.2) is 0 Å². The van der Waals surface area contributed by atoms with Crippen LogP contribution in [0.2, 0.25) is 5.02 Å². The lowest BCUT2D eigenvalue weighted by Gasteiger charge is -2.34. The molecule has 2 N–H and O–H groups in total. The van der Waals surface area contributed by atoms with Crippen LogP contribution in [0.1, 0.15) is 18.4 Å². The highest BCUT2D eigenvalue weighted by atomic mass is 35.5. The van der Waals surface area contributed by atoms with Gasteiger partial charge in [0, 0.05) is 16.6 Å². The first-order valence-corrected chi connectivity index (χ1v) is 8.13. The molecular weight excluding hydrogens is 290 g/mol. The molecule has 2 aliphatic rings. The highest BCUT2D eigenvalue weighted by Crippen LogP contribution is 2.19. The number of thiocarbonyl (C=S) groups is 1. The van der Waals surface area contributed by atoms with E-state index in [4.69, 9.17) is 23.8 Å². The fourth-order valence-electron chi connectivity index (χ4n) is 2.59. The minimum Gasteiger partial charge on any atom is -0.360 e. The second-order valence-electron chi connectivity index (χ2n) is 5.76. The Morgan fingerprint density at radius 3 is 2.50 bits per heavy atom. The van der Waals surface area contributed by atoms with Crippen molar-refractivity contribution in [2.45, 2.75) is 25.4 Å². The van der Waals surface area contributed by atoms with Gasteiger partial charge in [0.15, 0.2) is 5.11 Å². The third-order valence-electron chi connectivity index (χ3n) is 4.03. The molecular formula is C15H21ClN3S+. The first-order valence-electron chi connectivity index (χ1n) is 7.34. The predicted molar refractivity (Wildman–Crippen MR) is 86.2 cm³/mol. The lowest BCUT2D eigenvalue weighted by atomic mass is 10.2. The molecule has 0 aromatic heterocycles. The van der Waals surface area contributed by atoms with Gasteiger partial charge in [-0.3, -0.25) is 0 Å². The first-order chi connectivity index (χ1) is 9.70. The number of nitrogens with zero attached hydrogens (tertiary/aromatic N) is 1. The Bertz CT molecular complexity index is 465. The average molecular weight is 311 g/mol. The van der Waals surface area contributed by atoms with Gasteiger partial charge in [0.2, 0.25) is 0 Å². The van der Waals surface area contributed by atoms with Gasteiger partial charge >= 0.3 is 0 Å². The number of hydrogen-bond donors (Lipinski definition) is 2. The number of hydrogen-bond acceptors (Lipinski definition) is 1. The van der Waals surface area contributed by atoms with Crippen molar-refractivity contribution in [3.8, 4) is 0 Å². The Labute approximate surface area is 130 Å². The van der Waals surface area contributed by atoms with Crippen LogP contribution in [0.25, 0.3) is 0 Å². The van der Waals surface area contributed by atoms with E-state index in [1.165, 1.54) is 18.4 Å². The van der Waals surface area contributed by atoms with E-state index in [0.717, 1.165) is 42.9 Å². The molecule has 1 saturated heterocycles. The van der Waals surface area contributed by atoms with E-state index in [2.05, 4.69) is 22.3 Å². The van der Waals surface area contributed by atoms with E-state index in [-0.39, 0.29) is 0 Å². The smallest absolute Gasteiger partial charge is 0.169 e. The van der Waals surface area contributed by atoms with Gasteiger partial charge in [0.1, 0.15) is 6.54 Å². The monoisotopic (exact) mass is 310 g/mol. The molecule has 1 aromatic rings. The van der Waals surface area contributed by atoms with E-state index in [0.29, 0.717) is 6.04 Å². The number of quaternary nitrogens is 1. The van der Waals surface area contributed by atoms with E-state index in [9.17, 15) is 0 Å². The number of nitrogens with one attached hydrogen (secondary N) is 2. The molecule has 1 heterocycles. The van der Waals surface area contributed by atoms with Crippen molar-refractivity contribution in [2.75, 3.05) is 26.2 Å². The summed E-state index contributed by atoms with van der Waals surface area (Å²) >= 11 is 11.4. The molecule has 1 saturated carbocycles. The summed E-state index contributed by atoms with van der Waals surface area (Å²) in [5.74, 6) is 0. The summed E-state index contributed by atoms with van der Waals surface area (Å²) in [7, 11) is 0. The van der Waals surface area contributed by atoms with Crippen molar-refractivity contribution in [1.29, 1.82) is 0 Å². The van der Waals surface area contributed by atoms with E-state index in [1.54, 1.807) is 4.90 Å². The minimum atomic E-state index is 0.655. The van der Waals surface area contributed by atoms with Gasteiger partial charge in [0.25, 0.3) is 0 Å². The van der Waals surface area contributed by atoms with Crippen LogP contribution in [0.4, 0.5) is 0 Å². The largest absolute Gasteiger partial charge is 0.360 e. The van der Waals surface area contributed by atoms with Gasteiger partial charge in [-0.1, -0.05) is 23.7 Å². The summed E-state index contributed by atoms with van der Waals surface area (Å²) in [6.45, 7) is 5.49. The zero-order valence-electron chi connectivity index (χ0n) is 11.6. The molecule has 0 unspecified atom stereocenters. The van der Waals surface area contributed by atoms with Crippen molar-refractivity contribution < 1.29 is 4.90 Å². The summed E-state index contributed by atoms with van der Waals surface area (Å²) in [6, 6.07) is 8.85. The van der Waals surface area contributed by atoms with Crippen molar-refractivity contribution >= 4 is 28.9 Å². The molecule has 108 valence electrons. The maximum absolute atomic E-state index is 5.92. The number of rotatable bonds is 3. The van der Waals surface area contributed by atoms with Crippen LogP contribution < -0.4 is 10.2 Å². The average Bonchev–Trinajstić information content (AvgIpc) is 3.26. The molecule has 1 aliphatic heterocycles. The fourth-order valence-corrected chi connectivity index (χ4v) is 3.06. The Morgan fingerprint density at radius 1 is 1.25 bits per heavy atom. The van der Waals surface area contributed by atoms with Gasteiger partial charge < -0.3 is 15.1 Å². The summed E-state index contributed by atoms with van der Waals surface area (Å²) < 4.78 is 0. The quantitative estimate of drug-likeness (QED) is 0.815. The van der Waals surface area contributed by atoms with Crippen LogP contribution in [0, 0.1) is 0 Å². The topological polar surface area (TPSA) is 19.7 Å². The van der Waals surface area contributed by atoms with Gasteiger partial charge in [-0.15, -0.1) is 0 Å². The molecule has 3 rings (SSSR count). The van der Waals surface area contributed by atoms with E-state index < -0.39 is 0 Å². The second kappa shape index (κ2) is 6.29. The highest BCUT2D eigenvalue weighted by Gasteiger charge is 2.26. The normalized spacial score (nSPS) is 19.9. The molecule has 0 radical (unpaired) electrons. The third kappa shape index (κ3) is 3.84. The molecule has 0 atom stereocenters. The van der Waals surface area contributed by atoms with Crippen LogP contribution in [0.3, 0.4) is 0 Å². The lowest BCUT2D eigenvalue weighted by Crippen LogP contribution is -3.13. The molecule has 0 amide bonds. The van der Waals surface area contributed by atoms with Crippen molar-refractivity contribution in [3.05, 3.63) is 34.9 Å². The Hall–Kier alpha value is -0.840. The van der Waals surface area contributed by atoms with Gasteiger partial charge in [-0.2, -0.15) is 0 Å². The summed E-state index contributed by atoms with van der Waals surface area (Å²) in [4.78, 5) is 3.94. The maximum Gasteiger partial charge on any atom is 0.169 e. The molecule has 1 aliphatic carbocycles. The zero-order valence-corrected chi connectivity index (χ0v) is 13.1. The lowest BCUT2D eigenvalue weighted by molar-refractivity contribution is -0.917. The van der Waals surface area contributed by atoms with Crippen LogP contribution in [-0.2, 0) is 6.54 Å². The van der Waals surface area contributed by atoms with Crippen LogP contribution in [0.5, 0.6) is 0 Å². The molecule has 2 fully saturated rings. The maximum atomic E-state index is 5.92. The Kier molecular flexibility index (Phi) is 4.44. The molecule has 0 spiro atoms. The molecule has 0 bridgehead atoms. The van der Waals surface area contributed by atoms with Crippen molar-refractivity contribution in [2.24, 2.45) is 0 Å². The highest BCUT2D eigenvalue weighted by molar-refractivity contribution is 7.80. The number of halogens is 1. The number of benzene rings is 1. The van der Waals surface area contributed by atoms with E-state index in [1.807, 2.05) is 12.1 Å². The standard InChI is InChI=1S/C15H20ClN3S/c16-13-3-1-12(2-4-13)11-18-7-9-19(10-8-18)15(20)17-14-5-6-14/h1-4,14H,5-11H2,(H,17,20)/p+1. The predicted octanol–water partition coefficient (Wildman–Crippen LogP) is 1.08. The number of piperazine rings is 1. The molecule has 1 aromatic carbocycles. The first kappa shape index (κ1) is 14.1. The van der Waals surface area contributed by atoms with Crippen LogP contribution >= 0.6 is 23.8 Å². The molecule has 20 heavy (non-hydrogen) atoms. The van der Waals surface area contributed by atoms with Crippen molar-refractivity contribution in [1.82, 2.24) is 10.2 Å². The molecule has 3 nitrogen and oxygen atoms in total.